The van der Waals surface area contributed by atoms with E-state index in [9.17, 15) is 8.78 Å². The SMILES string of the molecule is NCCC=Cc1cc(F)nc(F)c1. The van der Waals surface area contributed by atoms with Gasteiger partial charge in [-0.15, -0.1) is 0 Å². The fourth-order valence-electron chi connectivity index (χ4n) is 0.895. The highest BCUT2D eigenvalue weighted by atomic mass is 19.1. The lowest BCUT2D eigenvalue weighted by Crippen LogP contribution is -1.95. The van der Waals surface area contributed by atoms with Crippen LogP contribution in [0.1, 0.15) is 12.0 Å². The fourth-order valence-corrected chi connectivity index (χ4v) is 0.895. The molecule has 2 nitrogen and oxygen atoms in total. The molecular weight excluding hydrogens is 174 g/mol. The molecule has 4 heteroatoms. The molecule has 0 atom stereocenters. The third-order valence-electron chi connectivity index (χ3n) is 1.43. The van der Waals surface area contributed by atoms with Gasteiger partial charge >= 0.3 is 0 Å². The Morgan fingerprint density at radius 3 is 2.46 bits per heavy atom. The van der Waals surface area contributed by atoms with Crippen molar-refractivity contribution < 1.29 is 8.78 Å². The van der Waals surface area contributed by atoms with Crippen molar-refractivity contribution in [1.82, 2.24) is 4.98 Å². The van der Waals surface area contributed by atoms with Gasteiger partial charge in [-0.2, -0.15) is 13.8 Å². The van der Waals surface area contributed by atoms with Gasteiger partial charge < -0.3 is 5.73 Å². The van der Waals surface area contributed by atoms with Crippen molar-refractivity contribution in [2.24, 2.45) is 5.73 Å². The predicted octanol–water partition coefficient (Wildman–Crippen LogP) is 1.72. The van der Waals surface area contributed by atoms with Gasteiger partial charge in [0.2, 0.25) is 11.9 Å². The molecule has 0 bridgehead atoms. The second kappa shape index (κ2) is 4.67. The summed E-state index contributed by atoms with van der Waals surface area (Å²) in [4.78, 5) is 2.97. The number of halogens is 2. The van der Waals surface area contributed by atoms with Crippen LogP contribution in [0.5, 0.6) is 0 Å². The molecule has 70 valence electrons. The van der Waals surface area contributed by atoms with Gasteiger partial charge in [-0.25, -0.2) is 0 Å². The summed E-state index contributed by atoms with van der Waals surface area (Å²) in [5, 5.41) is 0. The lowest BCUT2D eigenvalue weighted by molar-refractivity contribution is 0.512. The number of rotatable bonds is 3. The minimum absolute atomic E-state index is 0.457. The number of pyridine rings is 1. The Labute approximate surface area is 75.1 Å². The number of nitrogens with zero attached hydrogens (tertiary/aromatic N) is 1. The highest BCUT2D eigenvalue weighted by Gasteiger charge is 1.97. The molecule has 0 saturated heterocycles. The number of nitrogens with two attached hydrogens (primary N) is 1. The van der Waals surface area contributed by atoms with Gasteiger partial charge in [-0.1, -0.05) is 12.2 Å². The Hall–Kier alpha value is -1.29. The van der Waals surface area contributed by atoms with Crippen molar-refractivity contribution in [3.05, 3.63) is 35.7 Å². The van der Waals surface area contributed by atoms with Gasteiger partial charge in [0, 0.05) is 12.1 Å². The van der Waals surface area contributed by atoms with Crippen LogP contribution in [0.15, 0.2) is 18.2 Å². The maximum atomic E-state index is 12.5. The fraction of sp³-hybridized carbons (Fsp3) is 0.222. The largest absolute Gasteiger partial charge is 0.330 e. The van der Waals surface area contributed by atoms with E-state index in [4.69, 9.17) is 5.73 Å². The Kier molecular flexibility index (Phi) is 3.52. The van der Waals surface area contributed by atoms with Gasteiger partial charge in [-0.05, 0) is 18.5 Å². The molecular formula is C9H10F2N2. The van der Waals surface area contributed by atoms with Crippen LogP contribution in [0.4, 0.5) is 8.78 Å². The Morgan fingerprint density at radius 1 is 1.31 bits per heavy atom. The zero-order valence-corrected chi connectivity index (χ0v) is 7.00. The van der Waals surface area contributed by atoms with Crippen molar-refractivity contribution >= 4 is 6.08 Å². The molecule has 2 N–H and O–H groups in total. The molecule has 0 amide bonds. The van der Waals surface area contributed by atoms with Gasteiger partial charge in [0.1, 0.15) is 0 Å². The summed E-state index contributed by atoms with van der Waals surface area (Å²) in [6.45, 7) is 0.520. The van der Waals surface area contributed by atoms with E-state index >= 15 is 0 Å². The van der Waals surface area contributed by atoms with E-state index < -0.39 is 11.9 Å². The first kappa shape index (κ1) is 9.80. The number of aromatic nitrogens is 1. The predicted molar refractivity (Wildman–Crippen MR) is 46.9 cm³/mol. The van der Waals surface area contributed by atoms with Gasteiger partial charge in [0.05, 0.1) is 0 Å². The molecule has 0 unspecified atom stereocenters. The molecule has 0 aliphatic heterocycles. The minimum atomic E-state index is -0.813. The van der Waals surface area contributed by atoms with E-state index in [0.29, 0.717) is 18.5 Å². The standard InChI is InChI=1S/C9H10F2N2/c10-8-5-7(3-1-2-4-12)6-9(11)13-8/h1,3,5-6H,2,4,12H2. The summed E-state index contributed by atoms with van der Waals surface area (Å²) < 4.78 is 25.1. The van der Waals surface area contributed by atoms with Crippen molar-refractivity contribution in [2.75, 3.05) is 6.54 Å². The molecule has 0 aliphatic carbocycles. The molecule has 0 radical (unpaired) electrons. The average Bonchev–Trinajstić information content (AvgIpc) is 2.03. The van der Waals surface area contributed by atoms with E-state index in [1.807, 2.05) is 0 Å². The van der Waals surface area contributed by atoms with Crippen LogP contribution < -0.4 is 5.73 Å². The second-order valence-corrected chi connectivity index (χ2v) is 2.53. The number of hydrogen-bond acceptors (Lipinski definition) is 2. The van der Waals surface area contributed by atoms with Crippen molar-refractivity contribution in [1.29, 1.82) is 0 Å². The van der Waals surface area contributed by atoms with Gasteiger partial charge in [0.25, 0.3) is 0 Å². The maximum Gasteiger partial charge on any atom is 0.216 e. The van der Waals surface area contributed by atoms with E-state index in [2.05, 4.69) is 4.98 Å². The Balaban J connectivity index is 2.77. The molecule has 0 spiro atoms. The molecule has 0 saturated carbocycles. The molecule has 1 rings (SSSR count). The van der Waals surface area contributed by atoms with Crippen LogP contribution in [-0.4, -0.2) is 11.5 Å². The number of hydrogen-bond donors (Lipinski definition) is 1. The summed E-state index contributed by atoms with van der Waals surface area (Å²) in [7, 11) is 0. The lowest BCUT2D eigenvalue weighted by Gasteiger charge is -1.93. The van der Waals surface area contributed by atoms with Gasteiger partial charge in [-0.3, -0.25) is 0 Å². The summed E-state index contributed by atoms with van der Waals surface area (Å²) >= 11 is 0. The molecule has 1 heterocycles. The van der Waals surface area contributed by atoms with Crippen LogP contribution in [0.25, 0.3) is 6.08 Å². The minimum Gasteiger partial charge on any atom is -0.330 e. The van der Waals surface area contributed by atoms with E-state index in [0.717, 1.165) is 12.1 Å². The third-order valence-corrected chi connectivity index (χ3v) is 1.43. The highest BCUT2D eigenvalue weighted by molar-refractivity contribution is 5.48. The van der Waals surface area contributed by atoms with Crippen molar-refractivity contribution in [3.63, 3.8) is 0 Å². The zero-order chi connectivity index (χ0) is 9.68. The lowest BCUT2D eigenvalue weighted by atomic mass is 10.2. The zero-order valence-electron chi connectivity index (χ0n) is 7.00. The average molecular weight is 184 g/mol. The quantitative estimate of drug-likeness (QED) is 0.726. The molecule has 0 fully saturated rings. The molecule has 1 aromatic rings. The maximum absolute atomic E-state index is 12.5. The topological polar surface area (TPSA) is 38.9 Å². The van der Waals surface area contributed by atoms with E-state index in [-0.39, 0.29) is 0 Å². The Bertz CT molecular complexity index is 290. The first-order valence-electron chi connectivity index (χ1n) is 3.92. The smallest absolute Gasteiger partial charge is 0.216 e. The van der Waals surface area contributed by atoms with Crippen LogP contribution in [-0.2, 0) is 0 Å². The van der Waals surface area contributed by atoms with Crippen LogP contribution in [0.2, 0.25) is 0 Å². The molecule has 0 aliphatic rings. The van der Waals surface area contributed by atoms with Crippen molar-refractivity contribution in [3.8, 4) is 0 Å². The van der Waals surface area contributed by atoms with Crippen molar-refractivity contribution in [2.45, 2.75) is 6.42 Å². The summed E-state index contributed by atoms with van der Waals surface area (Å²) in [5.74, 6) is -1.63. The first-order chi connectivity index (χ1) is 6.22. The molecule has 1 aromatic heterocycles. The van der Waals surface area contributed by atoms with Crippen LogP contribution in [0, 0.1) is 11.9 Å². The molecule has 13 heavy (non-hydrogen) atoms. The monoisotopic (exact) mass is 184 g/mol. The third kappa shape index (κ3) is 3.29. The van der Waals surface area contributed by atoms with E-state index in [1.165, 1.54) is 0 Å². The Morgan fingerprint density at radius 2 is 1.92 bits per heavy atom. The highest BCUT2D eigenvalue weighted by Crippen LogP contribution is 2.06. The summed E-state index contributed by atoms with van der Waals surface area (Å²) in [6.07, 6.45) is 4.06. The molecule has 0 aromatic carbocycles. The summed E-state index contributed by atoms with van der Waals surface area (Å²) in [5.41, 5.74) is 5.70. The van der Waals surface area contributed by atoms with Crippen LogP contribution in [0.3, 0.4) is 0 Å². The van der Waals surface area contributed by atoms with E-state index in [1.54, 1.807) is 12.2 Å². The van der Waals surface area contributed by atoms with Gasteiger partial charge in [0.15, 0.2) is 0 Å². The first-order valence-corrected chi connectivity index (χ1v) is 3.92. The summed E-state index contributed by atoms with van der Waals surface area (Å²) in [6, 6.07) is 2.33. The normalized spacial score (nSPS) is 11.0. The second-order valence-electron chi connectivity index (χ2n) is 2.53. The van der Waals surface area contributed by atoms with Crippen LogP contribution >= 0.6 is 0 Å².